The average Bonchev–Trinajstić information content (AvgIpc) is 3.24. The van der Waals surface area contributed by atoms with E-state index in [-0.39, 0.29) is 23.9 Å². The van der Waals surface area contributed by atoms with E-state index in [1.807, 2.05) is 17.0 Å². The molecule has 3 aliphatic rings. The van der Waals surface area contributed by atoms with Crippen molar-refractivity contribution in [3.05, 3.63) is 94.4 Å². The second kappa shape index (κ2) is 9.16. The second-order valence-corrected chi connectivity index (χ2v) is 9.91. The van der Waals surface area contributed by atoms with Crippen LogP contribution in [0.2, 0.25) is 0 Å². The Bertz CT molecular complexity index is 1260. The fraction of sp³-hybridized carbons (Fsp3) is 0.393. The number of pyridine rings is 1. The molecule has 3 heterocycles. The maximum absolute atomic E-state index is 14.2. The molecule has 8 heteroatoms. The van der Waals surface area contributed by atoms with Gasteiger partial charge in [-0.2, -0.15) is 13.2 Å². The Hall–Kier alpha value is -2.97. The highest BCUT2D eigenvalue weighted by Crippen LogP contribution is 2.49. The van der Waals surface area contributed by atoms with Gasteiger partial charge in [-0.3, -0.25) is 4.90 Å². The quantitative estimate of drug-likeness (QED) is 0.442. The lowest BCUT2D eigenvalue weighted by Gasteiger charge is -2.36. The number of hydrogen-bond acceptors (Lipinski definition) is 4. The minimum absolute atomic E-state index is 0.000468. The van der Waals surface area contributed by atoms with Gasteiger partial charge in [0.05, 0.1) is 12.2 Å². The lowest BCUT2D eigenvalue weighted by Crippen LogP contribution is -2.48. The van der Waals surface area contributed by atoms with Crippen molar-refractivity contribution in [1.29, 1.82) is 0 Å². The first-order chi connectivity index (χ1) is 17.3. The van der Waals surface area contributed by atoms with E-state index in [2.05, 4.69) is 28.1 Å². The van der Waals surface area contributed by atoms with E-state index in [0.29, 0.717) is 18.9 Å². The van der Waals surface area contributed by atoms with E-state index >= 15 is 0 Å². The van der Waals surface area contributed by atoms with Gasteiger partial charge in [-0.25, -0.2) is 9.37 Å². The summed E-state index contributed by atoms with van der Waals surface area (Å²) in [4.78, 5) is 8.04. The highest BCUT2D eigenvalue weighted by atomic mass is 19.4. The fourth-order valence-corrected chi connectivity index (χ4v) is 5.92. The normalized spacial score (nSPS) is 24.1. The van der Waals surface area contributed by atoms with Gasteiger partial charge in [0.15, 0.2) is 0 Å². The van der Waals surface area contributed by atoms with E-state index in [4.69, 9.17) is 4.74 Å². The van der Waals surface area contributed by atoms with Gasteiger partial charge in [0.1, 0.15) is 17.3 Å². The van der Waals surface area contributed by atoms with Crippen LogP contribution in [0.1, 0.15) is 46.4 Å². The molecule has 0 amide bonds. The summed E-state index contributed by atoms with van der Waals surface area (Å²) in [5.74, 6) is 0.286. The largest absolute Gasteiger partial charge is 0.433 e. The van der Waals surface area contributed by atoms with E-state index in [0.717, 1.165) is 49.7 Å². The third-order valence-electron chi connectivity index (χ3n) is 7.65. The molecule has 36 heavy (non-hydrogen) atoms. The van der Waals surface area contributed by atoms with Gasteiger partial charge in [0, 0.05) is 38.6 Å². The fourth-order valence-electron chi connectivity index (χ4n) is 5.92. The summed E-state index contributed by atoms with van der Waals surface area (Å²) < 4.78 is 60.0. The summed E-state index contributed by atoms with van der Waals surface area (Å²) in [7, 11) is 0. The molecule has 2 aliphatic heterocycles. The Morgan fingerprint density at radius 3 is 2.47 bits per heavy atom. The van der Waals surface area contributed by atoms with Crippen molar-refractivity contribution in [3.8, 4) is 0 Å². The van der Waals surface area contributed by atoms with Crippen LogP contribution in [-0.4, -0.2) is 48.7 Å². The van der Waals surface area contributed by atoms with Crippen molar-refractivity contribution in [2.24, 2.45) is 0 Å². The first-order valence-electron chi connectivity index (χ1n) is 12.4. The number of halogens is 4. The molecule has 3 atom stereocenters. The molecule has 188 valence electrons. The predicted molar refractivity (Wildman–Crippen MR) is 129 cm³/mol. The van der Waals surface area contributed by atoms with Gasteiger partial charge in [-0.1, -0.05) is 36.4 Å². The van der Waals surface area contributed by atoms with Crippen LogP contribution in [0.25, 0.3) is 0 Å². The number of benzene rings is 2. The van der Waals surface area contributed by atoms with Crippen LogP contribution in [0.15, 0.2) is 60.7 Å². The SMILES string of the molecule is Fc1ccc2c(c1)[C@@H]1O[C@@H](CN3CCN(c4cccc(C(F)(F)F)n4)CC3)C[C@@H]1c1ccccc1C2. The van der Waals surface area contributed by atoms with E-state index in [1.165, 1.54) is 23.3 Å². The van der Waals surface area contributed by atoms with Crippen molar-refractivity contribution in [3.63, 3.8) is 0 Å². The molecule has 0 N–H and O–H groups in total. The Kier molecular flexibility index (Phi) is 5.96. The van der Waals surface area contributed by atoms with E-state index in [1.54, 1.807) is 12.1 Å². The summed E-state index contributed by atoms with van der Waals surface area (Å²) >= 11 is 0. The number of anilines is 1. The highest BCUT2D eigenvalue weighted by Gasteiger charge is 2.41. The molecule has 3 aromatic rings. The Labute approximate surface area is 207 Å². The zero-order valence-electron chi connectivity index (χ0n) is 19.7. The molecule has 0 bridgehead atoms. The Morgan fingerprint density at radius 2 is 1.67 bits per heavy atom. The topological polar surface area (TPSA) is 28.6 Å². The molecule has 4 nitrogen and oxygen atoms in total. The minimum atomic E-state index is -4.45. The summed E-state index contributed by atoms with van der Waals surface area (Å²) in [6.45, 7) is 3.38. The molecular formula is C28H27F4N3O. The molecule has 0 saturated carbocycles. The number of nitrogens with zero attached hydrogens (tertiary/aromatic N) is 3. The standard InChI is InChI=1S/C28H27F4N3O/c29-20-9-8-19-14-18-4-1-2-5-22(18)24-16-21(36-27(24)23(19)15-20)17-34-10-12-35(13-11-34)26-7-3-6-25(33-26)28(30,31)32/h1-9,15,21,24,27H,10-14,16-17H2/t21-,24-,27+/m1/s1. The molecule has 0 radical (unpaired) electrons. The third-order valence-corrected chi connectivity index (χ3v) is 7.65. The predicted octanol–water partition coefficient (Wildman–Crippen LogP) is 5.58. The summed E-state index contributed by atoms with van der Waals surface area (Å²) in [6.07, 6.45) is -3.00. The Balaban J connectivity index is 1.15. The smallest absolute Gasteiger partial charge is 0.368 e. The van der Waals surface area contributed by atoms with Gasteiger partial charge >= 0.3 is 6.18 Å². The number of ether oxygens (including phenoxy) is 1. The summed E-state index contributed by atoms with van der Waals surface area (Å²) in [6, 6.07) is 17.5. The van der Waals surface area contributed by atoms with Crippen molar-refractivity contribution >= 4 is 5.82 Å². The zero-order chi connectivity index (χ0) is 24.9. The van der Waals surface area contributed by atoms with Crippen molar-refractivity contribution in [1.82, 2.24) is 9.88 Å². The monoisotopic (exact) mass is 497 g/mol. The third kappa shape index (κ3) is 4.48. The zero-order valence-corrected chi connectivity index (χ0v) is 19.7. The van der Waals surface area contributed by atoms with Crippen LogP contribution in [0.3, 0.4) is 0 Å². The lowest BCUT2D eigenvalue weighted by molar-refractivity contribution is -0.141. The number of piperazine rings is 1. The van der Waals surface area contributed by atoms with Crippen LogP contribution in [-0.2, 0) is 17.3 Å². The number of hydrogen-bond donors (Lipinski definition) is 0. The number of aromatic nitrogens is 1. The van der Waals surface area contributed by atoms with Crippen LogP contribution >= 0.6 is 0 Å². The Morgan fingerprint density at radius 1 is 0.889 bits per heavy atom. The number of fused-ring (bicyclic) bond motifs is 5. The number of rotatable bonds is 3. The van der Waals surface area contributed by atoms with Crippen molar-refractivity contribution < 1.29 is 22.3 Å². The van der Waals surface area contributed by atoms with Crippen LogP contribution in [0.5, 0.6) is 0 Å². The van der Waals surface area contributed by atoms with Crippen LogP contribution in [0.4, 0.5) is 23.4 Å². The molecule has 0 spiro atoms. The maximum atomic E-state index is 14.2. The molecule has 0 unspecified atom stereocenters. The van der Waals surface area contributed by atoms with Gasteiger partial charge < -0.3 is 9.64 Å². The van der Waals surface area contributed by atoms with Gasteiger partial charge in [0.25, 0.3) is 0 Å². The lowest BCUT2D eigenvalue weighted by atomic mass is 9.87. The van der Waals surface area contributed by atoms with Gasteiger partial charge in [-0.15, -0.1) is 0 Å². The average molecular weight is 498 g/mol. The number of alkyl halides is 3. The molecule has 2 aromatic carbocycles. The van der Waals surface area contributed by atoms with Crippen LogP contribution < -0.4 is 4.90 Å². The van der Waals surface area contributed by atoms with Crippen molar-refractivity contribution in [2.75, 3.05) is 37.6 Å². The molecule has 6 rings (SSSR count). The summed E-state index contributed by atoms with van der Waals surface area (Å²) in [5, 5.41) is 0. The minimum Gasteiger partial charge on any atom is -0.368 e. The van der Waals surface area contributed by atoms with Crippen molar-refractivity contribution in [2.45, 2.75) is 37.1 Å². The molecular weight excluding hydrogens is 470 g/mol. The first kappa shape index (κ1) is 23.4. The highest BCUT2D eigenvalue weighted by molar-refractivity contribution is 5.45. The second-order valence-electron chi connectivity index (χ2n) is 9.91. The van der Waals surface area contributed by atoms with Crippen LogP contribution in [0, 0.1) is 5.82 Å². The van der Waals surface area contributed by atoms with Gasteiger partial charge in [-0.05, 0) is 59.4 Å². The first-order valence-corrected chi connectivity index (χ1v) is 12.4. The molecule has 2 fully saturated rings. The van der Waals surface area contributed by atoms with E-state index in [9.17, 15) is 17.6 Å². The molecule has 2 saturated heterocycles. The maximum Gasteiger partial charge on any atom is 0.433 e. The molecule has 1 aliphatic carbocycles. The molecule has 1 aromatic heterocycles. The van der Waals surface area contributed by atoms with Gasteiger partial charge in [0.2, 0.25) is 0 Å². The summed E-state index contributed by atoms with van der Waals surface area (Å²) in [5.41, 5.74) is 3.74. The van der Waals surface area contributed by atoms with E-state index < -0.39 is 11.9 Å².